The first-order valence-electron chi connectivity index (χ1n) is 9.19. The molecule has 0 aromatic rings. The SMILES string of the molecule is CCCC(C)(C)C(C)CCC(C)CCC(C)CC(C)C. The zero-order chi connectivity index (χ0) is 15.8. The van der Waals surface area contributed by atoms with Gasteiger partial charge in [-0.1, -0.05) is 81.1 Å². The van der Waals surface area contributed by atoms with E-state index < -0.39 is 0 Å². The molecule has 0 saturated carbocycles. The Balaban J connectivity index is 3.90. The third kappa shape index (κ3) is 9.03. The predicted molar refractivity (Wildman–Crippen MR) is 94.1 cm³/mol. The quantitative estimate of drug-likeness (QED) is 0.372. The van der Waals surface area contributed by atoms with Crippen LogP contribution < -0.4 is 0 Å². The van der Waals surface area contributed by atoms with E-state index in [0.29, 0.717) is 5.41 Å². The van der Waals surface area contributed by atoms with Crippen LogP contribution in [0.2, 0.25) is 0 Å². The lowest BCUT2D eigenvalue weighted by molar-refractivity contribution is 0.186. The Hall–Kier alpha value is 0. The lowest BCUT2D eigenvalue weighted by atomic mass is 9.73. The van der Waals surface area contributed by atoms with Crippen LogP contribution in [0.1, 0.15) is 100 Å². The van der Waals surface area contributed by atoms with Crippen LogP contribution in [-0.4, -0.2) is 0 Å². The first kappa shape index (κ1) is 20.0. The lowest BCUT2D eigenvalue weighted by Crippen LogP contribution is -2.22. The standard InChI is InChI=1S/C20H42/c1-9-14-20(7,8)19(6)13-12-17(4)10-11-18(5)15-16(2)3/h16-19H,9-15H2,1-8H3. The van der Waals surface area contributed by atoms with E-state index in [1.165, 1.54) is 44.9 Å². The van der Waals surface area contributed by atoms with Crippen LogP contribution in [-0.2, 0) is 0 Å². The molecule has 0 saturated heterocycles. The summed E-state index contributed by atoms with van der Waals surface area (Å²) < 4.78 is 0. The molecule has 0 nitrogen and oxygen atoms in total. The molecule has 0 spiro atoms. The molecule has 0 aliphatic heterocycles. The van der Waals surface area contributed by atoms with Crippen LogP contribution >= 0.6 is 0 Å². The number of hydrogen-bond acceptors (Lipinski definition) is 0. The Morgan fingerprint density at radius 1 is 0.750 bits per heavy atom. The first-order chi connectivity index (χ1) is 9.19. The molecule has 3 unspecified atom stereocenters. The zero-order valence-electron chi connectivity index (χ0n) is 15.8. The van der Waals surface area contributed by atoms with Crippen LogP contribution in [0.5, 0.6) is 0 Å². The zero-order valence-corrected chi connectivity index (χ0v) is 15.8. The molecule has 0 fully saturated rings. The van der Waals surface area contributed by atoms with Crippen LogP contribution in [0.4, 0.5) is 0 Å². The van der Waals surface area contributed by atoms with E-state index >= 15 is 0 Å². The van der Waals surface area contributed by atoms with Gasteiger partial charge >= 0.3 is 0 Å². The summed E-state index contributed by atoms with van der Waals surface area (Å²) in [5.74, 6) is 3.53. The van der Waals surface area contributed by atoms with E-state index in [9.17, 15) is 0 Å². The van der Waals surface area contributed by atoms with Crippen LogP contribution in [0.15, 0.2) is 0 Å². The van der Waals surface area contributed by atoms with E-state index in [0.717, 1.165) is 23.7 Å². The van der Waals surface area contributed by atoms with Crippen LogP contribution in [0.3, 0.4) is 0 Å². The minimum Gasteiger partial charge on any atom is -0.0654 e. The Morgan fingerprint density at radius 3 is 1.75 bits per heavy atom. The average Bonchev–Trinajstić information content (AvgIpc) is 2.32. The van der Waals surface area contributed by atoms with E-state index in [4.69, 9.17) is 0 Å². The fourth-order valence-corrected chi connectivity index (χ4v) is 3.45. The highest BCUT2D eigenvalue weighted by molar-refractivity contribution is 4.75. The Kier molecular flexibility index (Phi) is 9.85. The summed E-state index contributed by atoms with van der Waals surface area (Å²) in [6, 6.07) is 0. The van der Waals surface area contributed by atoms with Crippen molar-refractivity contribution in [3.8, 4) is 0 Å². The normalized spacial score (nSPS) is 17.2. The third-order valence-electron chi connectivity index (χ3n) is 5.35. The minimum atomic E-state index is 0.527. The van der Waals surface area contributed by atoms with Crippen molar-refractivity contribution in [2.75, 3.05) is 0 Å². The molecule has 0 amide bonds. The maximum absolute atomic E-state index is 2.46. The van der Waals surface area contributed by atoms with E-state index in [1.54, 1.807) is 0 Å². The molecule has 0 rings (SSSR count). The van der Waals surface area contributed by atoms with Gasteiger partial charge in [0.25, 0.3) is 0 Å². The van der Waals surface area contributed by atoms with Crippen LogP contribution in [0.25, 0.3) is 0 Å². The fraction of sp³-hybridized carbons (Fsp3) is 1.00. The molecule has 0 aromatic carbocycles. The first-order valence-corrected chi connectivity index (χ1v) is 9.19. The number of rotatable bonds is 11. The molecule has 0 aliphatic carbocycles. The van der Waals surface area contributed by atoms with Gasteiger partial charge in [0, 0.05) is 0 Å². The summed E-state index contributed by atoms with van der Waals surface area (Å²) in [6.07, 6.45) is 9.76. The summed E-state index contributed by atoms with van der Waals surface area (Å²) in [4.78, 5) is 0. The molecular weight excluding hydrogens is 240 g/mol. The van der Waals surface area contributed by atoms with Gasteiger partial charge in [-0.3, -0.25) is 0 Å². The monoisotopic (exact) mass is 282 g/mol. The van der Waals surface area contributed by atoms with Crippen molar-refractivity contribution < 1.29 is 0 Å². The van der Waals surface area contributed by atoms with Crippen molar-refractivity contribution in [2.24, 2.45) is 29.1 Å². The predicted octanol–water partition coefficient (Wildman–Crippen LogP) is 7.33. The topological polar surface area (TPSA) is 0 Å². The van der Waals surface area contributed by atoms with E-state index in [-0.39, 0.29) is 0 Å². The lowest BCUT2D eigenvalue weighted by Gasteiger charge is -2.32. The molecule has 0 heterocycles. The van der Waals surface area contributed by atoms with Gasteiger partial charge in [-0.25, -0.2) is 0 Å². The number of hydrogen-bond donors (Lipinski definition) is 0. The highest BCUT2D eigenvalue weighted by Gasteiger charge is 2.24. The highest BCUT2D eigenvalue weighted by Crippen LogP contribution is 2.35. The third-order valence-corrected chi connectivity index (χ3v) is 5.35. The van der Waals surface area contributed by atoms with Crippen molar-refractivity contribution in [1.29, 1.82) is 0 Å². The van der Waals surface area contributed by atoms with Gasteiger partial charge in [-0.2, -0.15) is 0 Å². The summed E-state index contributed by atoms with van der Waals surface area (Å²) in [5.41, 5.74) is 0.527. The smallest absolute Gasteiger partial charge is 0.0329 e. The van der Waals surface area contributed by atoms with Crippen molar-refractivity contribution in [1.82, 2.24) is 0 Å². The fourth-order valence-electron chi connectivity index (χ4n) is 3.45. The van der Waals surface area contributed by atoms with Crippen molar-refractivity contribution in [3.05, 3.63) is 0 Å². The Morgan fingerprint density at radius 2 is 1.25 bits per heavy atom. The Labute approximate surface area is 130 Å². The summed E-state index contributed by atoms with van der Waals surface area (Å²) in [6.45, 7) is 19.3. The summed E-state index contributed by atoms with van der Waals surface area (Å²) in [7, 11) is 0. The van der Waals surface area contributed by atoms with E-state index in [2.05, 4.69) is 55.4 Å². The minimum absolute atomic E-state index is 0.527. The largest absolute Gasteiger partial charge is 0.0654 e. The second-order valence-corrected chi connectivity index (χ2v) is 8.63. The van der Waals surface area contributed by atoms with Gasteiger partial charge in [-0.15, -0.1) is 0 Å². The van der Waals surface area contributed by atoms with Crippen molar-refractivity contribution in [2.45, 2.75) is 100 Å². The van der Waals surface area contributed by atoms with Gasteiger partial charge in [0.05, 0.1) is 0 Å². The molecule has 122 valence electrons. The molecule has 0 heteroatoms. The molecule has 0 N–H and O–H groups in total. The molecule has 0 bridgehead atoms. The second-order valence-electron chi connectivity index (χ2n) is 8.63. The maximum atomic E-state index is 2.46. The second kappa shape index (κ2) is 9.85. The van der Waals surface area contributed by atoms with Gasteiger partial charge in [0.15, 0.2) is 0 Å². The van der Waals surface area contributed by atoms with Crippen LogP contribution in [0, 0.1) is 29.1 Å². The average molecular weight is 283 g/mol. The van der Waals surface area contributed by atoms with Gasteiger partial charge in [-0.05, 0) is 48.3 Å². The maximum Gasteiger partial charge on any atom is -0.0329 e. The molecule has 20 heavy (non-hydrogen) atoms. The van der Waals surface area contributed by atoms with Gasteiger partial charge in [0.2, 0.25) is 0 Å². The van der Waals surface area contributed by atoms with Gasteiger partial charge in [0.1, 0.15) is 0 Å². The molecule has 0 aliphatic rings. The van der Waals surface area contributed by atoms with Crippen molar-refractivity contribution in [3.63, 3.8) is 0 Å². The van der Waals surface area contributed by atoms with Gasteiger partial charge < -0.3 is 0 Å². The molecule has 0 radical (unpaired) electrons. The molecule has 3 atom stereocenters. The highest BCUT2D eigenvalue weighted by atomic mass is 14.3. The van der Waals surface area contributed by atoms with Crippen molar-refractivity contribution >= 4 is 0 Å². The summed E-state index contributed by atoms with van der Waals surface area (Å²) in [5, 5.41) is 0. The molecular formula is C20H42. The molecule has 0 aromatic heterocycles. The summed E-state index contributed by atoms with van der Waals surface area (Å²) >= 11 is 0. The van der Waals surface area contributed by atoms with E-state index in [1.807, 2.05) is 0 Å². The Bertz CT molecular complexity index is 226.